The summed E-state index contributed by atoms with van der Waals surface area (Å²) in [5.41, 5.74) is 3.70. The maximum atomic E-state index is 12.7. The lowest BCUT2D eigenvalue weighted by Gasteiger charge is -2.15. The lowest BCUT2D eigenvalue weighted by atomic mass is 9.95. The van der Waals surface area contributed by atoms with Crippen LogP contribution in [-0.2, 0) is 24.7 Å². The minimum absolute atomic E-state index is 0.00471. The maximum Gasteiger partial charge on any atom is 0.239 e. The number of amides is 1. The number of rotatable bonds is 5. The van der Waals surface area contributed by atoms with Crippen molar-refractivity contribution >= 4 is 22.6 Å². The summed E-state index contributed by atoms with van der Waals surface area (Å²) in [5, 5.41) is 8.19. The van der Waals surface area contributed by atoms with E-state index < -0.39 is 0 Å². The molecular weight excluding hydrogens is 354 g/mol. The van der Waals surface area contributed by atoms with E-state index in [-0.39, 0.29) is 5.91 Å². The first-order valence-corrected chi connectivity index (χ1v) is 9.82. The fourth-order valence-electron chi connectivity index (χ4n) is 3.83. The Balaban J connectivity index is 1.45. The zero-order valence-corrected chi connectivity index (χ0v) is 16.3. The van der Waals surface area contributed by atoms with Crippen LogP contribution in [0.15, 0.2) is 30.6 Å². The molecule has 3 aromatic rings. The van der Waals surface area contributed by atoms with Crippen molar-refractivity contribution in [3.05, 3.63) is 41.9 Å². The van der Waals surface area contributed by atoms with Crippen LogP contribution in [0.2, 0.25) is 0 Å². The Labute approximate surface area is 164 Å². The second kappa shape index (κ2) is 7.96. The molecule has 3 aromatic heterocycles. The molecule has 0 fully saturated rings. The number of nitrogens with one attached hydrogen (secondary N) is 1. The SMILES string of the molecule is CCOc1nc2nn(C)cc2cc1NC(=O)CC1CCc2cccnc2CC1. The van der Waals surface area contributed by atoms with Crippen LogP contribution in [0.4, 0.5) is 5.69 Å². The molecule has 1 unspecified atom stereocenters. The molecule has 146 valence electrons. The fourth-order valence-corrected chi connectivity index (χ4v) is 3.83. The normalized spacial score (nSPS) is 16.4. The van der Waals surface area contributed by atoms with E-state index in [0.29, 0.717) is 36.2 Å². The summed E-state index contributed by atoms with van der Waals surface area (Å²) in [7, 11) is 1.85. The van der Waals surface area contributed by atoms with Gasteiger partial charge in [-0.05, 0) is 56.2 Å². The summed E-state index contributed by atoms with van der Waals surface area (Å²) < 4.78 is 7.33. The number of aromatic nitrogens is 4. The molecule has 0 saturated carbocycles. The van der Waals surface area contributed by atoms with Crippen LogP contribution in [0, 0.1) is 5.92 Å². The molecule has 3 heterocycles. The van der Waals surface area contributed by atoms with Gasteiger partial charge in [0.05, 0.1) is 6.61 Å². The van der Waals surface area contributed by atoms with Gasteiger partial charge < -0.3 is 10.1 Å². The fraction of sp³-hybridized carbons (Fsp3) is 0.429. The molecule has 0 radical (unpaired) electrons. The standard InChI is InChI=1S/C21H25N5O2/c1-3-28-21-18(12-16-13-26(2)25-20(16)24-21)23-19(27)11-14-6-8-15-5-4-10-22-17(15)9-7-14/h4-5,10,12-14H,3,6-9,11H2,1-2H3,(H,23,27). The number of carbonyl (C=O) groups excluding carboxylic acids is 1. The van der Waals surface area contributed by atoms with E-state index in [2.05, 4.69) is 26.4 Å². The van der Waals surface area contributed by atoms with Gasteiger partial charge in [-0.15, -0.1) is 0 Å². The lowest BCUT2D eigenvalue weighted by molar-refractivity contribution is -0.117. The molecule has 1 N–H and O–H groups in total. The summed E-state index contributed by atoms with van der Waals surface area (Å²) in [6.07, 6.45) is 8.12. The molecule has 7 heteroatoms. The van der Waals surface area contributed by atoms with E-state index in [0.717, 1.165) is 31.1 Å². The first-order valence-electron chi connectivity index (χ1n) is 9.82. The third kappa shape index (κ3) is 3.98. The maximum absolute atomic E-state index is 12.7. The Morgan fingerprint density at radius 3 is 3.07 bits per heavy atom. The molecular formula is C21H25N5O2. The molecule has 0 aliphatic heterocycles. The highest BCUT2D eigenvalue weighted by Crippen LogP contribution is 2.29. The minimum atomic E-state index is -0.00471. The Bertz CT molecular complexity index is 971. The number of anilines is 1. The second-order valence-corrected chi connectivity index (χ2v) is 7.29. The van der Waals surface area contributed by atoms with Crippen molar-refractivity contribution in [3.8, 4) is 5.88 Å². The van der Waals surface area contributed by atoms with Gasteiger partial charge >= 0.3 is 0 Å². The molecule has 1 aliphatic carbocycles. The Morgan fingerprint density at radius 1 is 1.36 bits per heavy atom. The van der Waals surface area contributed by atoms with Gasteiger partial charge in [-0.25, -0.2) is 0 Å². The first-order chi connectivity index (χ1) is 13.6. The summed E-state index contributed by atoms with van der Waals surface area (Å²) >= 11 is 0. The highest BCUT2D eigenvalue weighted by molar-refractivity contribution is 5.94. The largest absolute Gasteiger partial charge is 0.476 e. The van der Waals surface area contributed by atoms with E-state index in [1.807, 2.05) is 38.5 Å². The van der Waals surface area contributed by atoms with E-state index in [1.54, 1.807) is 4.68 Å². The minimum Gasteiger partial charge on any atom is -0.476 e. The van der Waals surface area contributed by atoms with Crippen molar-refractivity contribution in [2.24, 2.45) is 13.0 Å². The van der Waals surface area contributed by atoms with Crippen molar-refractivity contribution in [1.29, 1.82) is 0 Å². The molecule has 7 nitrogen and oxygen atoms in total. The third-order valence-electron chi connectivity index (χ3n) is 5.20. The topological polar surface area (TPSA) is 81.9 Å². The quantitative estimate of drug-likeness (QED) is 0.688. The zero-order chi connectivity index (χ0) is 19.5. The van der Waals surface area contributed by atoms with Crippen LogP contribution >= 0.6 is 0 Å². The van der Waals surface area contributed by atoms with Crippen molar-refractivity contribution < 1.29 is 9.53 Å². The van der Waals surface area contributed by atoms with Crippen LogP contribution in [0.25, 0.3) is 11.0 Å². The highest BCUT2D eigenvalue weighted by Gasteiger charge is 2.21. The smallest absolute Gasteiger partial charge is 0.239 e. The predicted octanol–water partition coefficient (Wildman–Crippen LogP) is 3.29. The lowest BCUT2D eigenvalue weighted by Crippen LogP contribution is -2.18. The van der Waals surface area contributed by atoms with Crippen molar-refractivity contribution in [1.82, 2.24) is 19.7 Å². The Hall–Kier alpha value is -2.96. The number of ether oxygens (including phenoxy) is 1. The number of hydrogen-bond acceptors (Lipinski definition) is 5. The second-order valence-electron chi connectivity index (χ2n) is 7.29. The average molecular weight is 379 g/mol. The summed E-state index contributed by atoms with van der Waals surface area (Å²) in [4.78, 5) is 21.7. The summed E-state index contributed by atoms with van der Waals surface area (Å²) in [6.45, 7) is 2.37. The van der Waals surface area contributed by atoms with Crippen molar-refractivity contribution in [2.75, 3.05) is 11.9 Å². The number of pyridine rings is 2. The monoisotopic (exact) mass is 379 g/mol. The van der Waals surface area contributed by atoms with E-state index in [1.165, 1.54) is 11.3 Å². The predicted molar refractivity (Wildman–Crippen MR) is 107 cm³/mol. The van der Waals surface area contributed by atoms with Crippen LogP contribution < -0.4 is 10.1 Å². The Kier molecular flexibility index (Phi) is 5.23. The van der Waals surface area contributed by atoms with Gasteiger partial charge in [-0.1, -0.05) is 6.07 Å². The first kappa shape index (κ1) is 18.4. The van der Waals surface area contributed by atoms with Crippen LogP contribution in [0.3, 0.4) is 0 Å². The molecule has 0 bridgehead atoms. The molecule has 28 heavy (non-hydrogen) atoms. The third-order valence-corrected chi connectivity index (χ3v) is 5.20. The molecule has 0 saturated heterocycles. The van der Waals surface area contributed by atoms with E-state index in [9.17, 15) is 4.79 Å². The Morgan fingerprint density at radius 2 is 2.21 bits per heavy atom. The van der Waals surface area contributed by atoms with Gasteiger partial charge in [-0.3, -0.25) is 14.5 Å². The summed E-state index contributed by atoms with van der Waals surface area (Å²) in [5.74, 6) is 0.759. The number of fused-ring (bicyclic) bond motifs is 2. The molecule has 0 aromatic carbocycles. The van der Waals surface area contributed by atoms with Gasteiger partial charge in [0.2, 0.25) is 11.8 Å². The van der Waals surface area contributed by atoms with Gasteiger partial charge in [0.25, 0.3) is 0 Å². The van der Waals surface area contributed by atoms with Gasteiger partial charge in [-0.2, -0.15) is 10.1 Å². The summed E-state index contributed by atoms with van der Waals surface area (Å²) in [6, 6.07) is 6.02. The van der Waals surface area contributed by atoms with Gasteiger partial charge in [0.15, 0.2) is 5.65 Å². The number of nitrogens with zero attached hydrogens (tertiary/aromatic N) is 4. The average Bonchev–Trinajstić information content (AvgIpc) is 2.91. The van der Waals surface area contributed by atoms with E-state index >= 15 is 0 Å². The van der Waals surface area contributed by atoms with Crippen LogP contribution in [0.5, 0.6) is 5.88 Å². The van der Waals surface area contributed by atoms with Crippen LogP contribution in [-0.4, -0.2) is 32.3 Å². The molecule has 4 rings (SSSR count). The van der Waals surface area contributed by atoms with Crippen LogP contribution in [0.1, 0.15) is 37.4 Å². The molecule has 1 aliphatic rings. The van der Waals surface area contributed by atoms with Crippen molar-refractivity contribution in [3.63, 3.8) is 0 Å². The van der Waals surface area contributed by atoms with E-state index in [4.69, 9.17) is 4.74 Å². The number of hydrogen-bond donors (Lipinski definition) is 1. The van der Waals surface area contributed by atoms with Gasteiger partial charge in [0.1, 0.15) is 5.69 Å². The molecule has 0 spiro atoms. The zero-order valence-electron chi connectivity index (χ0n) is 16.3. The van der Waals surface area contributed by atoms with Gasteiger partial charge in [0, 0.05) is 36.9 Å². The number of carbonyl (C=O) groups is 1. The highest BCUT2D eigenvalue weighted by atomic mass is 16.5. The molecule has 1 atom stereocenters. The van der Waals surface area contributed by atoms with Crippen molar-refractivity contribution in [2.45, 2.75) is 39.0 Å². The molecule has 1 amide bonds. The number of aryl methyl sites for hydroxylation is 3.